The van der Waals surface area contributed by atoms with Crippen LogP contribution in [0, 0.1) is 0 Å². The molecule has 0 saturated carbocycles. The maximum Gasteiger partial charge on any atom is 0.147 e. The zero-order chi connectivity index (χ0) is 25.3. The van der Waals surface area contributed by atoms with Crippen LogP contribution >= 0.6 is 0 Å². The number of rotatable bonds is 20. The fourth-order valence-corrected chi connectivity index (χ4v) is 4.74. The third kappa shape index (κ3) is 9.59. The van der Waals surface area contributed by atoms with Gasteiger partial charge in [0.05, 0.1) is 24.2 Å². The molecule has 1 heterocycles. The van der Waals surface area contributed by atoms with E-state index in [1.165, 1.54) is 89.9 Å². The standard InChI is InChI=1S/C32H48N2O2/c1-3-5-7-9-11-13-15-17-25-35-29-23-19-21-27-31(29)33-28-22-20-24-30(32(28)34-27)36-26-18-16-14-12-10-8-6-4-2/h19-24H,3-18,25-26H2,1-2H3. The van der Waals surface area contributed by atoms with Gasteiger partial charge < -0.3 is 9.47 Å². The molecule has 4 heteroatoms. The first kappa shape index (κ1) is 28.2. The summed E-state index contributed by atoms with van der Waals surface area (Å²) in [7, 11) is 0. The lowest BCUT2D eigenvalue weighted by Crippen LogP contribution is -2.01. The van der Waals surface area contributed by atoms with Gasteiger partial charge in [0.25, 0.3) is 0 Å². The summed E-state index contributed by atoms with van der Waals surface area (Å²) in [5.74, 6) is 1.66. The average molecular weight is 493 g/mol. The van der Waals surface area contributed by atoms with Crippen molar-refractivity contribution in [2.75, 3.05) is 13.2 Å². The van der Waals surface area contributed by atoms with Crippen LogP contribution in [0.3, 0.4) is 0 Å². The highest BCUT2D eigenvalue weighted by atomic mass is 16.5. The normalized spacial score (nSPS) is 11.4. The summed E-state index contributed by atoms with van der Waals surface area (Å²) in [6, 6.07) is 12.1. The van der Waals surface area contributed by atoms with E-state index in [0.717, 1.165) is 59.6 Å². The van der Waals surface area contributed by atoms with Gasteiger partial charge in [-0.2, -0.15) is 0 Å². The van der Waals surface area contributed by atoms with Crippen LogP contribution < -0.4 is 9.47 Å². The van der Waals surface area contributed by atoms with Crippen molar-refractivity contribution in [3.8, 4) is 11.5 Å². The Labute approximate surface area is 219 Å². The van der Waals surface area contributed by atoms with Crippen molar-refractivity contribution < 1.29 is 9.47 Å². The topological polar surface area (TPSA) is 44.2 Å². The Hall–Kier alpha value is -2.36. The Kier molecular flexibility index (Phi) is 13.4. The van der Waals surface area contributed by atoms with Crippen LogP contribution in [0.25, 0.3) is 22.1 Å². The molecule has 0 atom stereocenters. The number of para-hydroxylation sites is 2. The monoisotopic (exact) mass is 492 g/mol. The zero-order valence-electron chi connectivity index (χ0n) is 22.9. The van der Waals surface area contributed by atoms with Crippen molar-refractivity contribution >= 4 is 22.1 Å². The molecule has 3 aromatic rings. The first-order chi connectivity index (χ1) is 17.8. The van der Waals surface area contributed by atoms with Crippen LogP contribution in [-0.2, 0) is 0 Å². The second kappa shape index (κ2) is 17.2. The molecule has 0 radical (unpaired) electrons. The summed E-state index contributed by atoms with van der Waals surface area (Å²) in [6.45, 7) is 6.00. The van der Waals surface area contributed by atoms with Crippen LogP contribution in [0.5, 0.6) is 11.5 Å². The predicted octanol–water partition coefficient (Wildman–Crippen LogP) is 9.82. The van der Waals surface area contributed by atoms with E-state index in [4.69, 9.17) is 19.4 Å². The predicted molar refractivity (Wildman–Crippen MR) is 153 cm³/mol. The molecular formula is C32H48N2O2. The van der Waals surface area contributed by atoms with Gasteiger partial charge in [-0.25, -0.2) is 9.97 Å². The molecule has 0 aliphatic heterocycles. The van der Waals surface area contributed by atoms with Gasteiger partial charge in [0.15, 0.2) is 0 Å². The first-order valence-corrected chi connectivity index (χ1v) is 14.8. The molecule has 0 saturated heterocycles. The highest BCUT2D eigenvalue weighted by Gasteiger charge is 2.11. The third-order valence-electron chi connectivity index (χ3n) is 6.93. The van der Waals surface area contributed by atoms with Crippen molar-refractivity contribution in [3.05, 3.63) is 36.4 Å². The fourth-order valence-electron chi connectivity index (χ4n) is 4.74. The van der Waals surface area contributed by atoms with Crippen LogP contribution in [-0.4, -0.2) is 23.2 Å². The molecule has 0 unspecified atom stereocenters. The van der Waals surface area contributed by atoms with Crippen LogP contribution in [0.2, 0.25) is 0 Å². The maximum absolute atomic E-state index is 6.14. The second-order valence-electron chi connectivity index (χ2n) is 10.1. The van der Waals surface area contributed by atoms with E-state index in [9.17, 15) is 0 Å². The van der Waals surface area contributed by atoms with Gasteiger partial charge in [-0.1, -0.05) is 116 Å². The van der Waals surface area contributed by atoms with Gasteiger partial charge in [0, 0.05) is 0 Å². The number of unbranched alkanes of at least 4 members (excludes halogenated alkanes) is 14. The van der Waals surface area contributed by atoms with Gasteiger partial charge in [-0.05, 0) is 37.1 Å². The quantitative estimate of drug-likeness (QED) is 0.116. The van der Waals surface area contributed by atoms with Crippen LogP contribution in [0.15, 0.2) is 36.4 Å². The van der Waals surface area contributed by atoms with E-state index in [1.807, 2.05) is 36.4 Å². The number of nitrogens with zero attached hydrogens (tertiary/aromatic N) is 2. The minimum absolute atomic E-state index is 0.732. The highest BCUT2D eigenvalue weighted by molar-refractivity contribution is 5.92. The van der Waals surface area contributed by atoms with Crippen LogP contribution in [0.4, 0.5) is 0 Å². The number of hydrogen-bond acceptors (Lipinski definition) is 4. The van der Waals surface area contributed by atoms with E-state index in [1.54, 1.807) is 0 Å². The molecule has 0 spiro atoms. The molecule has 0 aliphatic rings. The molecule has 4 nitrogen and oxygen atoms in total. The third-order valence-corrected chi connectivity index (χ3v) is 6.93. The minimum atomic E-state index is 0.732. The molecule has 1 aromatic heterocycles. The average Bonchev–Trinajstić information content (AvgIpc) is 2.90. The van der Waals surface area contributed by atoms with Gasteiger partial charge in [0.2, 0.25) is 0 Å². The van der Waals surface area contributed by atoms with Crippen LogP contribution in [0.1, 0.15) is 117 Å². The molecule has 0 bridgehead atoms. The molecule has 198 valence electrons. The molecule has 2 aromatic carbocycles. The van der Waals surface area contributed by atoms with Crippen molar-refractivity contribution in [2.45, 2.75) is 117 Å². The largest absolute Gasteiger partial charge is 0.491 e. The second-order valence-corrected chi connectivity index (χ2v) is 10.1. The number of aromatic nitrogens is 2. The van der Waals surface area contributed by atoms with Crippen molar-refractivity contribution in [1.29, 1.82) is 0 Å². The van der Waals surface area contributed by atoms with E-state index in [0.29, 0.717) is 0 Å². The Morgan fingerprint density at radius 2 is 0.833 bits per heavy atom. The Bertz CT molecular complexity index is 923. The summed E-state index contributed by atoms with van der Waals surface area (Å²) < 4.78 is 12.3. The Morgan fingerprint density at radius 3 is 1.22 bits per heavy atom. The van der Waals surface area contributed by atoms with E-state index >= 15 is 0 Å². The van der Waals surface area contributed by atoms with Gasteiger partial charge in [-0.15, -0.1) is 0 Å². The Morgan fingerprint density at radius 1 is 0.472 bits per heavy atom. The van der Waals surface area contributed by atoms with Crippen molar-refractivity contribution in [2.24, 2.45) is 0 Å². The SMILES string of the molecule is CCCCCCCCCCOc1cccc2nc3c(OCCCCCCCCCC)cccc3nc12. The lowest BCUT2D eigenvalue weighted by molar-refractivity contribution is 0.306. The molecule has 36 heavy (non-hydrogen) atoms. The smallest absolute Gasteiger partial charge is 0.147 e. The van der Waals surface area contributed by atoms with Gasteiger partial charge in [0.1, 0.15) is 22.5 Å². The van der Waals surface area contributed by atoms with Gasteiger partial charge >= 0.3 is 0 Å². The summed E-state index contributed by atoms with van der Waals surface area (Å²) in [5, 5.41) is 0. The fraction of sp³-hybridized carbons (Fsp3) is 0.625. The minimum Gasteiger partial charge on any atom is -0.491 e. The maximum atomic E-state index is 6.14. The highest BCUT2D eigenvalue weighted by Crippen LogP contribution is 2.29. The zero-order valence-corrected chi connectivity index (χ0v) is 22.9. The molecule has 0 aliphatic carbocycles. The number of fused-ring (bicyclic) bond motifs is 2. The summed E-state index contributed by atoms with van der Waals surface area (Å²) in [5.41, 5.74) is 3.40. The lowest BCUT2D eigenvalue weighted by atomic mass is 10.1. The molecule has 0 amide bonds. The number of benzene rings is 2. The lowest BCUT2D eigenvalue weighted by Gasteiger charge is -2.11. The molecule has 0 N–H and O–H groups in total. The molecule has 3 rings (SSSR count). The van der Waals surface area contributed by atoms with Crippen molar-refractivity contribution in [1.82, 2.24) is 9.97 Å². The molecule has 0 fully saturated rings. The Balaban J connectivity index is 1.48. The van der Waals surface area contributed by atoms with E-state index < -0.39 is 0 Å². The van der Waals surface area contributed by atoms with Gasteiger partial charge in [-0.3, -0.25) is 0 Å². The first-order valence-electron chi connectivity index (χ1n) is 14.8. The van der Waals surface area contributed by atoms with E-state index in [-0.39, 0.29) is 0 Å². The van der Waals surface area contributed by atoms with Crippen molar-refractivity contribution in [3.63, 3.8) is 0 Å². The summed E-state index contributed by atoms with van der Waals surface area (Å²) in [4.78, 5) is 9.84. The number of ether oxygens (including phenoxy) is 2. The summed E-state index contributed by atoms with van der Waals surface area (Å²) in [6.07, 6.45) is 20.8. The summed E-state index contributed by atoms with van der Waals surface area (Å²) >= 11 is 0. The number of hydrogen-bond donors (Lipinski definition) is 0. The molecular weight excluding hydrogens is 444 g/mol. The van der Waals surface area contributed by atoms with E-state index in [2.05, 4.69) is 13.8 Å².